The number of methoxy groups -OCH3 is 1. The molecule has 5 heteroatoms. The molecule has 1 atom stereocenters. The fourth-order valence-electron chi connectivity index (χ4n) is 3.38. The Kier molecular flexibility index (Phi) is 6.17. The number of nitrogens with zero attached hydrogens (tertiary/aromatic N) is 2. The second-order valence-electron chi connectivity index (χ2n) is 6.30. The largest absolute Gasteiger partial charge is 0.396 e. The topological polar surface area (TPSA) is 45.6 Å². The number of ether oxygens (including phenoxy) is 1. The lowest BCUT2D eigenvalue weighted by Crippen LogP contribution is -2.45. The van der Waals surface area contributed by atoms with Crippen molar-refractivity contribution in [2.24, 2.45) is 5.41 Å². The molecule has 4 nitrogen and oxygen atoms in total. The van der Waals surface area contributed by atoms with E-state index < -0.39 is 0 Å². The number of aryl methyl sites for hydroxylation is 2. The van der Waals surface area contributed by atoms with Crippen LogP contribution < -0.4 is 0 Å². The summed E-state index contributed by atoms with van der Waals surface area (Å²) in [6, 6.07) is 0. The molecule has 2 heterocycles. The van der Waals surface area contributed by atoms with Gasteiger partial charge < -0.3 is 9.84 Å². The minimum atomic E-state index is 0.0513. The van der Waals surface area contributed by atoms with Crippen molar-refractivity contribution in [2.75, 3.05) is 33.4 Å². The molecule has 1 aromatic heterocycles. The van der Waals surface area contributed by atoms with E-state index >= 15 is 0 Å². The van der Waals surface area contributed by atoms with E-state index in [4.69, 9.17) is 4.74 Å². The molecule has 1 N–H and O–H groups in total. The molecule has 0 amide bonds. The maximum Gasteiger partial charge on any atom is 0.0900 e. The average Bonchev–Trinajstić information content (AvgIpc) is 2.77. The zero-order valence-corrected chi connectivity index (χ0v) is 14.3. The molecule has 1 aromatic rings. The van der Waals surface area contributed by atoms with Crippen LogP contribution in [0.15, 0.2) is 0 Å². The minimum Gasteiger partial charge on any atom is -0.396 e. The Labute approximate surface area is 132 Å². The highest BCUT2D eigenvalue weighted by molar-refractivity contribution is 7.11. The maximum absolute atomic E-state index is 9.90. The van der Waals surface area contributed by atoms with Gasteiger partial charge in [-0.05, 0) is 46.1 Å². The summed E-state index contributed by atoms with van der Waals surface area (Å²) < 4.78 is 5.16. The highest BCUT2D eigenvalue weighted by Gasteiger charge is 2.34. The van der Waals surface area contributed by atoms with Crippen LogP contribution in [-0.2, 0) is 11.3 Å². The van der Waals surface area contributed by atoms with Gasteiger partial charge in [-0.1, -0.05) is 0 Å². The smallest absolute Gasteiger partial charge is 0.0900 e. The molecule has 0 aliphatic carbocycles. The predicted octanol–water partition coefficient (Wildman–Crippen LogP) is 2.76. The first-order valence-electron chi connectivity index (χ1n) is 7.84. The number of thiazole rings is 1. The van der Waals surface area contributed by atoms with E-state index in [-0.39, 0.29) is 12.0 Å². The Bertz CT molecular complexity index is 449. The number of hydrogen-bond donors (Lipinski definition) is 1. The van der Waals surface area contributed by atoms with Crippen molar-refractivity contribution in [3.05, 3.63) is 15.6 Å². The van der Waals surface area contributed by atoms with Gasteiger partial charge in [0.25, 0.3) is 0 Å². The third-order valence-corrected chi connectivity index (χ3v) is 5.43. The van der Waals surface area contributed by atoms with Crippen LogP contribution in [0.4, 0.5) is 0 Å². The van der Waals surface area contributed by atoms with Gasteiger partial charge in [-0.25, -0.2) is 4.98 Å². The first-order valence-corrected chi connectivity index (χ1v) is 8.65. The molecule has 0 bridgehead atoms. The molecule has 0 aromatic carbocycles. The van der Waals surface area contributed by atoms with Crippen molar-refractivity contribution in [1.29, 1.82) is 0 Å². The first-order chi connectivity index (χ1) is 10.1. The van der Waals surface area contributed by atoms with Crippen LogP contribution in [0.2, 0.25) is 0 Å². The lowest BCUT2D eigenvalue weighted by Gasteiger charge is -2.42. The number of likely N-dealkylation sites (tertiary alicyclic amines) is 1. The molecule has 2 rings (SSSR count). The molecule has 0 saturated carbocycles. The van der Waals surface area contributed by atoms with E-state index in [1.54, 1.807) is 18.4 Å². The highest BCUT2D eigenvalue weighted by Crippen LogP contribution is 2.35. The van der Waals surface area contributed by atoms with Crippen LogP contribution in [0, 0.1) is 19.3 Å². The van der Waals surface area contributed by atoms with E-state index in [1.807, 2.05) is 0 Å². The first kappa shape index (κ1) is 16.9. The third-order valence-electron chi connectivity index (χ3n) is 4.50. The van der Waals surface area contributed by atoms with E-state index in [0.29, 0.717) is 0 Å². The molecular formula is C16H28N2O2S. The van der Waals surface area contributed by atoms with Crippen LogP contribution in [0.5, 0.6) is 0 Å². The van der Waals surface area contributed by atoms with Gasteiger partial charge in [0.15, 0.2) is 0 Å². The lowest BCUT2D eigenvalue weighted by atomic mass is 9.77. The monoisotopic (exact) mass is 312 g/mol. The molecule has 120 valence electrons. The van der Waals surface area contributed by atoms with E-state index in [2.05, 4.69) is 23.7 Å². The SMILES string of the molecule is COCCCC1(CO)CCCN(Cc2nc(C)sc2C)C1. The van der Waals surface area contributed by atoms with Crippen LogP contribution in [0.25, 0.3) is 0 Å². The number of aliphatic hydroxyl groups is 1. The number of aromatic nitrogens is 1. The van der Waals surface area contributed by atoms with Gasteiger partial charge in [-0.2, -0.15) is 0 Å². The summed E-state index contributed by atoms with van der Waals surface area (Å²) in [6.07, 6.45) is 4.36. The molecule has 0 spiro atoms. The molecule has 1 aliphatic rings. The van der Waals surface area contributed by atoms with Gasteiger partial charge in [-0.15, -0.1) is 11.3 Å². The van der Waals surface area contributed by atoms with E-state index in [9.17, 15) is 5.11 Å². The standard InChI is InChI=1S/C16H28N2O2S/c1-13-15(17-14(2)21-13)10-18-8-4-6-16(11-18,12-19)7-5-9-20-3/h19H,4-12H2,1-3H3. The maximum atomic E-state index is 9.90. The van der Waals surface area contributed by atoms with Gasteiger partial charge >= 0.3 is 0 Å². The fourth-order valence-corrected chi connectivity index (χ4v) is 4.21. The average molecular weight is 312 g/mol. The molecule has 1 unspecified atom stereocenters. The van der Waals surface area contributed by atoms with Crippen molar-refractivity contribution < 1.29 is 9.84 Å². The quantitative estimate of drug-likeness (QED) is 0.786. The lowest BCUT2D eigenvalue weighted by molar-refractivity contribution is 0.0154. The zero-order chi connectivity index (χ0) is 15.3. The van der Waals surface area contributed by atoms with Gasteiger partial charge in [-0.3, -0.25) is 4.90 Å². The van der Waals surface area contributed by atoms with Crippen LogP contribution in [0.1, 0.15) is 41.3 Å². The number of rotatable bonds is 7. The number of piperidine rings is 1. The Balaban J connectivity index is 1.96. The molecular weight excluding hydrogens is 284 g/mol. The summed E-state index contributed by atoms with van der Waals surface area (Å²) in [4.78, 5) is 8.44. The van der Waals surface area contributed by atoms with Gasteiger partial charge in [0.2, 0.25) is 0 Å². The van der Waals surface area contributed by atoms with E-state index in [1.165, 1.54) is 10.6 Å². The summed E-state index contributed by atoms with van der Waals surface area (Å²) in [5, 5.41) is 11.0. The van der Waals surface area contributed by atoms with Crippen molar-refractivity contribution in [3.8, 4) is 0 Å². The Morgan fingerprint density at radius 1 is 1.43 bits per heavy atom. The summed E-state index contributed by atoms with van der Waals surface area (Å²) >= 11 is 1.78. The number of aliphatic hydroxyl groups excluding tert-OH is 1. The second-order valence-corrected chi connectivity index (χ2v) is 7.71. The van der Waals surface area contributed by atoms with Crippen LogP contribution in [-0.4, -0.2) is 48.4 Å². The zero-order valence-electron chi connectivity index (χ0n) is 13.5. The van der Waals surface area contributed by atoms with Gasteiger partial charge in [0, 0.05) is 43.7 Å². The molecule has 0 radical (unpaired) electrons. The molecule has 1 aliphatic heterocycles. The van der Waals surface area contributed by atoms with Crippen molar-refractivity contribution in [1.82, 2.24) is 9.88 Å². The summed E-state index contributed by atoms with van der Waals surface area (Å²) in [5.41, 5.74) is 1.26. The van der Waals surface area contributed by atoms with Gasteiger partial charge in [0.1, 0.15) is 0 Å². The number of hydrogen-bond acceptors (Lipinski definition) is 5. The molecule has 1 saturated heterocycles. The summed E-state index contributed by atoms with van der Waals surface area (Å²) in [7, 11) is 1.74. The Hall–Kier alpha value is -0.490. The Morgan fingerprint density at radius 2 is 2.24 bits per heavy atom. The fraction of sp³-hybridized carbons (Fsp3) is 0.812. The predicted molar refractivity (Wildman–Crippen MR) is 86.7 cm³/mol. The van der Waals surface area contributed by atoms with Crippen molar-refractivity contribution in [2.45, 2.75) is 46.1 Å². The summed E-state index contributed by atoms with van der Waals surface area (Å²) in [6.45, 7) is 8.30. The highest BCUT2D eigenvalue weighted by atomic mass is 32.1. The molecule has 21 heavy (non-hydrogen) atoms. The van der Waals surface area contributed by atoms with Crippen LogP contribution in [0.3, 0.4) is 0 Å². The third kappa shape index (κ3) is 4.49. The Morgan fingerprint density at radius 3 is 2.86 bits per heavy atom. The minimum absolute atomic E-state index is 0.0513. The van der Waals surface area contributed by atoms with Gasteiger partial charge in [0.05, 0.1) is 10.7 Å². The second kappa shape index (κ2) is 7.68. The van der Waals surface area contributed by atoms with Crippen LogP contribution >= 0.6 is 11.3 Å². The van der Waals surface area contributed by atoms with Crippen molar-refractivity contribution >= 4 is 11.3 Å². The normalized spacial score (nSPS) is 23.6. The van der Waals surface area contributed by atoms with Crippen molar-refractivity contribution in [3.63, 3.8) is 0 Å². The van der Waals surface area contributed by atoms with E-state index in [0.717, 1.165) is 56.9 Å². The summed E-state index contributed by atoms with van der Waals surface area (Å²) in [5.74, 6) is 0. The molecule has 1 fully saturated rings.